The maximum absolute atomic E-state index is 12.3. The third kappa shape index (κ3) is 5.10. The average Bonchev–Trinajstić information content (AvgIpc) is 2.53. The van der Waals surface area contributed by atoms with Crippen LogP contribution in [0.3, 0.4) is 0 Å². The van der Waals surface area contributed by atoms with Gasteiger partial charge in [0.05, 0.1) is 0 Å². The van der Waals surface area contributed by atoms with Crippen molar-refractivity contribution in [3.8, 4) is 0 Å². The van der Waals surface area contributed by atoms with Gasteiger partial charge in [-0.25, -0.2) is 0 Å². The number of benzene rings is 2. The summed E-state index contributed by atoms with van der Waals surface area (Å²) < 4.78 is 0. The number of anilines is 1. The summed E-state index contributed by atoms with van der Waals surface area (Å²) >= 11 is 5.96. The van der Waals surface area contributed by atoms with Crippen LogP contribution in [0.1, 0.15) is 34.8 Å². The minimum absolute atomic E-state index is 0.134. The summed E-state index contributed by atoms with van der Waals surface area (Å²) in [5, 5.41) is 6.38. The molecule has 0 aliphatic rings. The second kappa shape index (κ2) is 8.50. The van der Waals surface area contributed by atoms with Gasteiger partial charge >= 0.3 is 0 Å². The van der Waals surface area contributed by atoms with Crippen LogP contribution in [0.15, 0.2) is 42.5 Å². The van der Waals surface area contributed by atoms with E-state index in [1.54, 1.807) is 18.2 Å². The number of carbonyl (C=O) groups is 2. The van der Waals surface area contributed by atoms with E-state index in [0.29, 0.717) is 17.8 Å². The van der Waals surface area contributed by atoms with Gasteiger partial charge in [-0.15, -0.1) is 0 Å². The number of amides is 2. The van der Waals surface area contributed by atoms with E-state index in [2.05, 4.69) is 10.6 Å². The van der Waals surface area contributed by atoms with Gasteiger partial charge in [-0.3, -0.25) is 9.59 Å². The van der Waals surface area contributed by atoms with Gasteiger partial charge < -0.3 is 10.6 Å². The number of carbonyl (C=O) groups excluding carboxylic acids is 2. The van der Waals surface area contributed by atoms with Crippen LogP contribution in [0.4, 0.5) is 5.69 Å². The normalized spacial score (nSPS) is 10.3. The van der Waals surface area contributed by atoms with Crippen molar-refractivity contribution in [1.82, 2.24) is 5.32 Å². The van der Waals surface area contributed by atoms with Crippen molar-refractivity contribution in [3.63, 3.8) is 0 Å². The number of aryl methyl sites for hydroxylation is 1. The Hall–Kier alpha value is -2.33. The molecule has 0 fully saturated rings. The molecule has 2 aromatic carbocycles. The summed E-state index contributed by atoms with van der Waals surface area (Å²) in [5.41, 5.74) is 3.15. The van der Waals surface area contributed by atoms with Gasteiger partial charge in [-0.2, -0.15) is 0 Å². The van der Waals surface area contributed by atoms with E-state index in [0.717, 1.165) is 29.0 Å². The monoisotopic (exact) mass is 344 g/mol. The summed E-state index contributed by atoms with van der Waals surface area (Å²) in [6, 6.07) is 13.0. The van der Waals surface area contributed by atoms with E-state index in [1.807, 2.05) is 31.2 Å². The molecule has 0 aliphatic heterocycles. The SMILES string of the molecule is CC(=O)Nc1cccc(C(=O)NCCCc2cccc(Cl)c2)c1C. The molecule has 2 aromatic rings. The third-order valence-corrected chi connectivity index (χ3v) is 3.94. The highest BCUT2D eigenvalue weighted by Gasteiger charge is 2.11. The fourth-order valence-corrected chi connectivity index (χ4v) is 2.70. The van der Waals surface area contributed by atoms with Crippen LogP contribution >= 0.6 is 11.6 Å². The fourth-order valence-electron chi connectivity index (χ4n) is 2.49. The summed E-state index contributed by atoms with van der Waals surface area (Å²) in [7, 11) is 0. The molecule has 0 aromatic heterocycles. The number of hydrogen-bond acceptors (Lipinski definition) is 2. The van der Waals surface area contributed by atoms with Crippen molar-refractivity contribution in [2.24, 2.45) is 0 Å². The second-order valence-electron chi connectivity index (χ2n) is 5.65. The molecule has 0 aliphatic carbocycles. The second-order valence-corrected chi connectivity index (χ2v) is 6.09. The van der Waals surface area contributed by atoms with Crippen molar-refractivity contribution in [3.05, 3.63) is 64.2 Å². The lowest BCUT2D eigenvalue weighted by Gasteiger charge is -2.12. The fraction of sp³-hybridized carbons (Fsp3) is 0.263. The summed E-state index contributed by atoms with van der Waals surface area (Å²) in [6.07, 6.45) is 1.68. The van der Waals surface area contributed by atoms with Gasteiger partial charge in [0.15, 0.2) is 0 Å². The molecular formula is C19H21ClN2O2. The molecule has 2 rings (SSSR count). The summed E-state index contributed by atoms with van der Waals surface area (Å²) in [5.74, 6) is -0.289. The average molecular weight is 345 g/mol. The van der Waals surface area contributed by atoms with Gasteiger partial charge in [0.2, 0.25) is 5.91 Å². The van der Waals surface area contributed by atoms with E-state index in [-0.39, 0.29) is 11.8 Å². The predicted molar refractivity (Wildman–Crippen MR) is 97.6 cm³/mol. The first-order chi connectivity index (χ1) is 11.5. The highest BCUT2D eigenvalue weighted by molar-refractivity contribution is 6.30. The Morgan fingerprint density at radius 3 is 2.58 bits per heavy atom. The third-order valence-electron chi connectivity index (χ3n) is 3.71. The summed E-state index contributed by atoms with van der Waals surface area (Å²) in [6.45, 7) is 3.85. The number of halogens is 1. The Bertz CT molecular complexity index is 744. The highest BCUT2D eigenvalue weighted by atomic mass is 35.5. The largest absolute Gasteiger partial charge is 0.352 e. The Balaban J connectivity index is 1.89. The molecule has 0 atom stereocenters. The van der Waals surface area contributed by atoms with E-state index >= 15 is 0 Å². The Morgan fingerprint density at radius 2 is 1.88 bits per heavy atom. The van der Waals surface area contributed by atoms with Gasteiger partial charge in [0.1, 0.15) is 0 Å². The predicted octanol–water partition coefficient (Wildman–Crippen LogP) is 3.97. The molecule has 0 saturated carbocycles. The maximum Gasteiger partial charge on any atom is 0.251 e. The van der Waals surface area contributed by atoms with Crippen LogP contribution in [0.25, 0.3) is 0 Å². The zero-order valence-electron chi connectivity index (χ0n) is 13.9. The smallest absolute Gasteiger partial charge is 0.251 e. The first kappa shape index (κ1) is 18.0. The van der Waals surface area contributed by atoms with Gasteiger partial charge in [0.25, 0.3) is 5.91 Å². The first-order valence-corrected chi connectivity index (χ1v) is 8.25. The lowest BCUT2D eigenvalue weighted by Crippen LogP contribution is -2.26. The molecule has 0 spiro atoms. The molecule has 0 unspecified atom stereocenters. The Morgan fingerprint density at radius 1 is 1.12 bits per heavy atom. The molecule has 0 heterocycles. The van der Waals surface area contributed by atoms with Crippen LogP contribution in [0.2, 0.25) is 5.02 Å². The number of rotatable bonds is 6. The molecule has 126 valence electrons. The van der Waals surface area contributed by atoms with Crippen molar-refractivity contribution in [2.45, 2.75) is 26.7 Å². The van der Waals surface area contributed by atoms with Crippen LogP contribution in [-0.4, -0.2) is 18.4 Å². The van der Waals surface area contributed by atoms with E-state index in [4.69, 9.17) is 11.6 Å². The quantitative estimate of drug-likeness (QED) is 0.779. The minimum atomic E-state index is -0.155. The van der Waals surface area contributed by atoms with Crippen LogP contribution in [0, 0.1) is 6.92 Å². The number of nitrogens with one attached hydrogen (secondary N) is 2. The van der Waals surface area contributed by atoms with Gasteiger partial charge in [-0.1, -0.05) is 29.8 Å². The molecule has 4 nitrogen and oxygen atoms in total. The lowest BCUT2D eigenvalue weighted by molar-refractivity contribution is -0.114. The van der Waals surface area contributed by atoms with Crippen LogP contribution < -0.4 is 10.6 Å². The van der Waals surface area contributed by atoms with Crippen molar-refractivity contribution in [2.75, 3.05) is 11.9 Å². The maximum atomic E-state index is 12.3. The standard InChI is InChI=1S/C19H21ClN2O2/c1-13-17(9-4-10-18(13)22-14(2)23)19(24)21-11-5-7-15-6-3-8-16(20)12-15/h3-4,6,8-10,12H,5,7,11H2,1-2H3,(H,21,24)(H,22,23). The molecule has 2 amide bonds. The van der Waals surface area contributed by atoms with Gasteiger partial charge in [-0.05, 0) is 55.2 Å². The van der Waals surface area contributed by atoms with Gasteiger partial charge in [0, 0.05) is 29.7 Å². The Kier molecular flexibility index (Phi) is 6.38. The Labute approximate surface area is 147 Å². The molecule has 5 heteroatoms. The molecule has 0 radical (unpaired) electrons. The molecule has 0 bridgehead atoms. The lowest BCUT2D eigenvalue weighted by atomic mass is 10.1. The topological polar surface area (TPSA) is 58.2 Å². The summed E-state index contributed by atoms with van der Waals surface area (Å²) in [4.78, 5) is 23.5. The highest BCUT2D eigenvalue weighted by Crippen LogP contribution is 2.19. The molecule has 24 heavy (non-hydrogen) atoms. The number of hydrogen-bond donors (Lipinski definition) is 2. The molecule has 0 saturated heterocycles. The van der Waals surface area contributed by atoms with E-state index in [9.17, 15) is 9.59 Å². The minimum Gasteiger partial charge on any atom is -0.352 e. The van der Waals surface area contributed by atoms with Crippen LogP contribution in [0.5, 0.6) is 0 Å². The van der Waals surface area contributed by atoms with E-state index in [1.165, 1.54) is 6.92 Å². The molecular weight excluding hydrogens is 324 g/mol. The van der Waals surface area contributed by atoms with Crippen molar-refractivity contribution < 1.29 is 9.59 Å². The first-order valence-electron chi connectivity index (χ1n) is 7.87. The molecule has 2 N–H and O–H groups in total. The van der Waals surface area contributed by atoms with Crippen molar-refractivity contribution in [1.29, 1.82) is 0 Å². The van der Waals surface area contributed by atoms with Crippen molar-refractivity contribution >= 4 is 29.1 Å². The zero-order chi connectivity index (χ0) is 17.5. The van der Waals surface area contributed by atoms with Crippen LogP contribution in [-0.2, 0) is 11.2 Å². The van der Waals surface area contributed by atoms with E-state index < -0.39 is 0 Å². The zero-order valence-corrected chi connectivity index (χ0v) is 14.6.